The maximum absolute atomic E-state index is 2.40. The first-order valence-corrected chi connectivity index (χ1v) is 18.3. The Morgan fingerprint density at radius 2 is 0.698 bits per heavy atom. The summed E-state index contributed by atoms with van der Waals surface area (Å²) < 4.78 is 4.77. The number of hydrogen-bond acceptors (Lipinski definition) is 1. The van der Waals surface area contributed by atoms with E-state index < -0.39 is 0 Å². The van der Waals surface area contributed by atoms with E-state index in [-0.39, 0.29) is 0 Å². The van der Waals surface area contributed by atoms with Crippen molar-refractivity contribution in [2.75, 3.05) is 4.90 Å². The van der Waals surface area contributed by atoms with E-state index in [1.807, 2.05) is 0 Å². The summed E-state index contributed by atoms with van der Waals surface area (Å²) in [6.45, 7) is 4.27. The van der Waals surface area contributed by atoms with Gasteiger partial charge in [0.1, 0.15) is 0 Å². The molecule has 10 rings (SSSR count). The number of anilines is 3. The maximum Gasteiger partial charge on any atom is 0.0541 e. The molecule has 252 valence electrons. The van der Waals surface area contributed by atoms with Gasteiger partial charge in [-0.3, -0.25) is 0 Å². The zero-order valence-electron chi connectivity index (χ0n) is 29.7. The molecular formula is C50H37N3. The van der Waals surface area contributed by atoms with Crippen LogP contribution in [0.5, 0.6) is 0 Å². The Balaban J connectivity index is 1.08. The molecule has 10 aromatic rings. The number of aryl methyl sites for hydroxylation is 2. The van der Waals surface area contributed by atoms with Gasteiger partial charge in [0.05, 0.1) is 22.1 Å². The van der Waals surface area contributed by atoms with Crippen molar-refractivity contribution in [2.45, 2.75) is 13.8 Å². The fourth-order valence-corrected chi connectivity index (χ4v) is 8.02. The van der Waals surface area contributed by atoms with Gasteiger partial charge in [0.2, 0.25) is 0 Å². The van der Waals surface area contributed by atoms with Crippen LogP contribution in [0.3, 0.4) is 0 Å². The number of rotatable bonds is 6. The highest BCUT2D eigenvalue weighted by Gasteiger charge is 2.17. The first-order valence-electron chi connectivity index (χ1n) is 18.3. The van der Waals surface area contributed by atoms with Crippen LogP contribution in [0.15, 0.2) is 188 Å². The number of para-hydroxylation sites is 3. The summed E-state index contributed by atoms with van der Waals surface area (Å²) in [6, 6.07) is 68.5. The van der Waals surface area contributed by atoms with Gasteiger partial charge in [-0.05, 0) is 122 Å². The highest BCUT2D eigenvalue weighted by atomic mass is 15.1. The molecular weight excluding hydrogens is 643 g/mol. The lowest BCUT2D eigenvalue weighted by atomic mass is 10.0. The molecule has 0 aliphatic carbocycles. The topological polar surface area (TPSA) is 13.1 Å². The highest BCUT2D eigenvalue weighted by Crippen LogP contribution is 2.40. The fraction of sp³-hybridized carbons (Fsp3) is 0.0400. The Morgan fingerprint density at radius 3 is 1.17 bits per heavy atom. The molecule has 0 saturated heterocycles. The van der Waals surface area contributed by atoms with Gasteiger partial charge in [-0.25, -0.2) is 0 Å². The first-order chi connectivity index (χ1) is 26.1. The summed E-state index contributed by atoms with van der Waals surface area (Å²) in [6.07, 6.45) is 0. The van der Waals surface area contributed by atoms with Crippen molar-refractivity contribution in [3.05, 3.63) is 199 Å². The van der Waals surface area contributed by atoms with Gasteiger partial charge in [-0.15, -0.1) is 0 Å². The Bertz CT molecular complexity index is 2880. The third kappa shape index (κ3) is 5.20. The van der Waals surface area contributed by atoms with E-state index in [1.165, 1.54) is 71.6 Å². The highest BCUT2D eigenvalue weighted by molar-refractivity contribution is 6.12. The average Bonchev–Trinajstić information content (AvgIpc) is 3.72. The molecule has 8 aromatic carbocycles. The first kappa shape index (κ1) is 30.9. The van der Waals surface area contributed by atoms with Crippen LogP contribution in [0.1, 0.15) is 11.1 Å². The third-order valence-corrected chi connectivity index (χ3v) is 10.6. The standard InChI is InChI=1S/C50H37N3/c1-34-16-22-39(23-17-34)51(40-24-18-35(2)19-25-40)41-26-28-42(29-27-41)53-48-15-9-7-13-44(48)46-33-37(21-31-50(46)53)36-20-30-49-45(32-36)43-12-6-8-14-47(43)52(49)38-10-4-3-5-11-38/h3-33H,1-2H3. The Hall–Kier alpha value is -6.84. The SMILES string of the molecule is Cc1ccc(N(c2ccc(C)cc2)c2ccc(-n3c4ccccc4c4cc(-c5ccc6c(c5)c5ccccc5n6-c5ccccc5)ccc43)cc2)cc1. The largest absolute Gasteiger partial charge is 0.311 e. The van der Waals surface area contributed by atoms with Gasteiger partial charge >= 0.3 is 0 Å². The summed E-state index contributed by atoms with van der Waals surface area (Å²) in [5.41, 5.74) is 15.4. The van der Waals surface area contributed by atoms with Crippen LogP contribution >= 0.6 is 0 Å². The third-order valence-electron chi connectivity index (χ3n) is 10.6. The lowest BCUT2D eigenvalue weighted by molar-refractivity contribution is 1.17. The summed E-state index contributed by atoms with van der Waals surface area (Å²) in [5, 5.41) is 5.01. The number of benzene rings is 8. The number of aromatic nitrogens is 2. The average molecular weight is 680 g/mol. The number of fused-ring (bicyclic) bond motifs is 6. The molecule has 2 aromatic heterocycles. The minimum atomic E-state index is 1.12. The Kier molecular flexibility index (Phi) is 7.26. The molecule has 53 heavy (non-hydrogen) atoms. The molecule has 0 atom stereocenters. The zero-order valence-corrected chi connectivity index (χ0v) is 29.7. The van der Waals surface area contributed by atoms with Crippen LogP contribution < -0.4 is 4.90 Å². The van der Waals surface area contributed by atoms with E-state index in [9.17, 15) is 0 Å². The molecule has 2 heterocycles. The normalized spacial score (nSPS) is 11.6. The predicted molar refractivity (Wildman–Crippen MR) is 225 cm³/mol. The lowest BCUT2D eigenvalue weighted by Crippen LogP contribution is -2.10. The molecule has 0 aliphatic rings. The molecule has 0 bridgehead atoms. The maximum atomic E-state index is 2.40. The smallest absolute Gasteiger partial charge is 0.0541 e. The number of hydrogen-bond donors (Lipinski definition) is 0. The Morgan fingerprint density at radius 1 is 0.321 bits per heavy atom. The van der Waals surface area contributed by atoms with Crippen LogP contribution in [0.25, 0.3) is 66.1 Å². The molecule has 0 amide bonds. The van der Waals surface area contributed by atoms with Crippen molar-refractivity contribution in [1.82, 2.24) is 9.13 Å². The fourth-order valence-electron chi connectivity index (χ4n) is 8.02. The van der Waals surface area contributed by atoms with E-state index in [4.69, 9.17) is 0 Å². The quantitative estimate of drug-likeness (QED) is 0.170. The molecule has 0 saturated carbocycles. The van der Waals surface area contributed by atoms with Gasteiger partial charge in [0.25, 0.3) is 0 Å². The van der Waals surface area contributed by atoms with Crippen LogP contribution in [-0.2, 0) is 0 Å². The van der Waals surface area contributed by atoms with Crippen molar-refractivity contribution < 1.29 is 0 Å². The lowest BCUT2D eigenvalue weighted by Gasteiger charge is -2.26. The van der Waals surface area contributed by atoms with Crippen molar-refractivity contribution in [3.8, 4) is 22.5 Å². The molecule has 3 heteroatoms. The molecule has 0 radical (unpaired) electrons. The van der Waals surface area contributed by atoms with Gasteiger partial charge in [0, 0.05) is 50.0 Å². The van der Waals surface area contributed by atoms with E-state index in [2.05, 4.69) is 216 Å². The zero-order chi connectivity index (χ0) is 35.5. The van der Waals surface area contributed by atoms with Crippen molar-refractivity contribution >= 4 is 60.7 Å². The van der Waals surface area contributed by atoms with Gasteiger partial charge < -0.3 is 14.0 Å². The second kappa shape index (κ2) is 12.4. The molecule has 0 aliphatic heterocycles. The summed E-state index contributed by atoms with van der Waals surface area (Å²) >= 11 is 0. The van der Waals surface area contributed by atoms with Crippen molar-refractivity contribution in [2.24, 2.45) is 0 Å². The Labute approximate surface area is 309 Å². The molecule has 0 N–H and O–H groups in total. The molecule has 0 unspecified atom stereocenters. The second-order valence-corrected chi connectivity index (χ2v) is 14.0. The van der Waals surface area contributed by atoms with Crippen molar-refractivity contribution in [3.63, 3.8) is 0 Å². The van der Waals surface area contributed by atoms with Gasteiger partial charge in [0.15, 0.2) is 0 Å². The second-order valence-electron chi connectivity index (χ2n) is 14.0. The van der Waals surface area contributed by atoms with Crippen molar-refractivity contribution in [1.29, 1.82) is 0 Å². The minimum absolute atomic E-state index is 1.12. The van der Waals surface area contributed by atoms with E-state index in [0.717, 1.165) is 22.7 Å². The summed E-state index contributed by atoms with van der Waals surface area (Å²) in [5.74, 6) is 0. The van der Waals surface area contributed by atoms with Crippen LogP contribution in [-0.4, -0.2) is 9.13 Å². The molecule has 0 spiro atoms. The van der Waals surface area contributed by atoms with Crippen LogP contribution in [0.2, 0.25) is 0 Å². The monoisotopic (exact) mass is 679 g/mol. The van der Waals surface area contributed by atoms with Gasteiger partial charge in [-0.2, -0.15) is 0 Å². The van der Waals surface area contributed by atoms with E-state index in [0.29, 0.717) is 0 Å². The van der Waals surface area contributed by atoms with Crippen LogP contribution in [0, 0.1) is 13.8 Å². The van der Waals surface area contributed by atoms with Gasteiger partial charge in [-0.1, -0.05) is 102 Å². The van der Waals surface area contributed by atoms with E-state index in [1.54, 1.807) is 0 Å². The van der Waals surface area contributed by atoms with E-state index >= 15 is 0 Å². The number of nitrogens with zero attached hydrogens (tertiary/aromatic N) is 3. The van der Waals surface area contributed by atoms with Crippen LogP contribution in [0.4, 0.5) is 17.1 Å². The summed E-state index contributed by atoms with van der Waals surface area (Å²) in [7, 11) is 0. The minimum Gasteiger partial charge on any atom is -0.311 e. The molecule has 3 nitrogen and oxygen atoms in total. The predicted octanol–water partition coefficient (Wildman–Crippen LogP) is 13.6. The summed E-state index contributed by atoms with van der Waals surface area (Å²) in [4.78, 5) is 2.33. The molecule has 0 fully saturated rings.